The molecule has 0 saturated heterocycles. The van der Waals surface area contributed by atoms with Gasteiger partial charge in [0.05, 0.1) is 7.11 Å². The highest BCUT2D eigenvalue weighted by molar-refractivity contribution is 5.75. The second-order valence-corrected chi connectivity index (χ2v) is 6.70. The molecule has 1 unspecified atom stereocenters. The molecule has 0 spiro atoms. The predicted molar refractivity (Wildman–Crippen MR) is 109 cm³/mol. The van der Waals surface area contributed by atoms with Gasteiger partial charge in [-0.1, -0.05) is 24.3 Å². The van der Waals surface area contributed by atoms with Crippen LogP contribution in [0.25, 0.3) is 0 Å². The molecule has 0 aliphatic rings. The van der Waals surface area contributed by atoms with Crippen molar-refractivity contribution >= 4 is 6.03 Å². The molecular weight excluding hydrogens is 371 g/mol. The van der Waals surface area contributed by atoms with Crippen LogP contribution in [-0.4, -0.2) is 34.1 Å². The van der Waals surface area contributed by atoms with E-state index in [1.54, 1.807) is 30.3 Å². The van der Waals surface area contributed by atoms with Crippen LogP contribution in [0.15, 0.2) is 60.9 Å². The molecule has 152 valence electrons. The third kappa shape index (κ3) is 4.93. The van der Waals surface area contributed by atoms with Crippen molar-refractivity contribution in [1.29, 1.82) is 0 Å². The minimum absolute atomic E-state index is 0.249. The Bertz CT molecular complexity index is 955. The number of rotatable bonds is 7. The monoisotopic (exact) mass is 396 g/mol. The number of methoxy groups -OCH3 is 1. The summed E-state index contributed by atoms with van der Waals surface area (Å²) in [6.07, 6.45) is 3.53. The third-order valence-electron chi connectivity index (χ3n) is 4.76. The van der Waals surface area contributed by atoms with E-state index in [4.69, 9.17) is 4.74 Å². The Morgan fingerprint density at radius 3 is 2.62 bits per heavy atom. The van der Waals surface area contributed by atoms with Crippen LogP contribution in [0.2, 0.25) is 0 Å². The van der Waals surface area contributed by atoms with Crippen LogP contribution in [-0.2, 0) is 13.6 Å². The number of halogens is 1. The molecule has 0 bridgehead atoms. The van der Waals surface area contributed by atoms with Gasteiger partial charge in [0.25, 0.3) is 0 Å². The number of carbonyl (C=O) groups is 1. The van der Waals surface area contributed by atoms with Crippen molar-refractivity contribution in [3.63, 3.8) is 0 Å². The third-order valence-corrected chi connectivity index (χ3v) is 4.76. The smallest absolute Gasteiger partial charge is 0.318 e. The Balaban J connectivity index is 1.83. The topological polar surface area (TPSA) is 59.4 Å². The van der Waals surface area contributed by atoms with Gasteiger partial charge >= 0.3 is 6.03 Å². The van der Waals surface area contributed by atoms with E-state index in [-0.39, 0.29) is 11.8 Å². The molecule has 1 aromatic heterocycles. The Kier molecular flexibility index (Phi) is 6.49. The van der Waals surface area contributed by atoms with Crippen LogP contribution in [0.1, 0.15) is 29.9 Å². The maximum atomic E-state index is 13.5. The van der Waals surface area contributed by atoms with Crippen molar-refractivity contribution in [2.45, 2.75) is 19.5 Å². The van der Waals surface area contributed by atoms with Crippen LogP contribution >= 0.6 is 0 Å². The van der Waals surface area contributed by atoms with E-state index in [1.165, 1.54) is 12.1 Å². The van der Waals surface area contributed by atoms with E-state index in [0.717, 1.165) is 16.9 Å². The second-order valence-electron chi connectivity index (χ2n) is 6.70. The van der Waals surface area contributed by atoms with Crippen molar-refractivity contribution in [3.05, 3.63) is 83.7 Å². The minimum Gasteiger partial charge on any atom is -0.497 e. The lowest BCUT2D eigenvalue weighted by Crippen LogP contribution is -2.42. The molecule has 1 atom stereocenters. The normalized spacial score (nSPS) is 11.7. The number of imidazole rings is 1. The summed E-state index contributed by atoms with van der Waals surface area (Å²) in [5.74, 6) is 1.13. The zero-order valence-corrected chi connectivity index (χ0v) is 16.8. The summed E-state index contributed by atoms with van der Waals surface area (Å²) in [5, 5.41) is 3.07. The minimum atomic E-state index is -0.435. The van der Waals surface area contributed by atoms with Crippen molar-refractivity contribution in [1.82, 2.24) is 19.8 Å². The fourth-order valence-electron chi connectivity index (χ4n) is 3.15. The molecule has 6 nitrogen and oxygen atoms in total. The lowest BCUT2D eigenvalue weighted by molar-refractivity contribution is 0.195. The molecule has 7 heteroatoms. The molecule has 2 amide bonds. The molecule has 1 N–H and O–H groups in total. The van der Waals surface area contributed by atoms with Gasteiger partial charge in [0, 0.05) is 32.5 Å². The highest BCUT2D eigenvalue weighted by Gasteiger charge is 2.23. The van der Waals surface area contributed by atoms with Crippen LogP contribution in [0.3, 0.4) is 0 Å². The average Bonchev–Trinajstić information content (AvgIpc) is 3.15. The SMILES string of the molecule is CCN(Cc1cccc(F)c1)C(=O)NC(c1ccc(OC)cc1)c1nccn1C. The van der Waals surface area contributed by atoms with Crippen LogP contribution in [0.4, 0.5) is 9.18 Å². The first-order chi connectivity index (χ1) is 14.0. The lowest BCUT2D eigenvalue weighted by atomic mass is 10.1. The number of amides is 2. The Morgan fingerprint density at radius 2 is 2.03 bits per heavy atom. The summed E-state index contributed by atoms with van der Waals surface area (Å²) in [7, 11) is 3.49. The second kappa shape index (κ2) is 9.23. The first kappa shape index (κ1) is 20.4. The van der Waals surface area contributed by atoms with Crippen molar-refractivity contribution in [3.8, 4) is 5.75 Å². The average molecular weight is 396 g/mol. The van der Waals surface area contributed by atoms with Gasteiger partial charge in [0.1, 0.15) is 23.4 Å². The van der Waals surface area contributed by atoms with Gasteiger partial charge in [-0.3, -0.25) is 0 Å². The molecule has 3 aromatic rings. The van der Waals surface area contributed by atoms with Gasteiger partial charge in [-0.05, 0) is 42.3 Å². The quantitative estimate of drug-likeness (QED) is 0.659. The first-order valence-electron chi connectivity index (χ1n) is 9.43. The predicted octanol–water partition coefficient (Wildman–Crippen LogP) is 3.89. The summed E-state index contributed by atoms with van der Waals surface area (Å²) < 4.78 is 20.6. The number of hydrogen-bond acceptors (Lipinski definition) is 3. The van der Waals surface area contributed by atoms with Crippen molar-refractivity contribution in [2.24, 2.45) is 7.05 Å². The zero-order chi connectivity index (χ0) is 20.8. The lowest BCUT2D eigenvalue weighted by Gasteiger charge is -2.26. The number of benzene rings is 2. The van der Waals surface area contributed by atoms with Gasteiger partial charge in [-0.25, -0.2) is 14.2 Å². The van der Waals surface area contributed by atoms with Crippen molar-refractivity contribution in [2.75, 3.05) is 13.7 Å². The molecule has 0 fully saturated rings. The highest BCUT2D eigenvalue weighted by atomic mass is 19.1. The molecule has 3 rings (SSSR count). The Labute approximate surface area is 169 Å². The summed E-state index contributed by atoms with van der Waals surface area (Å²) in [6, 6.07) is 13.1. The molecule has 1 heterocycles. The molecule has 0 radical (unpaired) electrons. The van der Waals surface area contributed by atoms with Crippen LogP contribution in [0, 0.1) is 5.82 Å². The van der Waals surface area contributed by atoms with Crippen molar-refractivity contribution < 1.29 is 13.9 Å². The van der Waals surface area contributed by atoms with Crippen LogP contribution in [0.5, 0.6) is 5.75 Å². The zero-order valence-electron chi connectivity index (χ0n) is 16.8. The standard InChI is InChI=1S/C22H25FN4O2/c1-4-27(15-16-6-5-7-18(23)14-16)22(28)25-20(21-24-12-13-26(21)2)17-8-10-19(29-3)11-9-17/h5-14,20H,4,15H2,1-3H3,(H,25,28). The number of aromatic nitrogens is 2. The summed E-state index contributed by atoms with van der Waals surface area (Å²) in [5.41, 5.74) is 1.62. The van der Waals surface area contributed by atoms with E-state index >= 15 is 0 Å². The van der Waals surface area contributed by atoms with E-state index in [9.17, 15) is 9.18 Å². The van der Waals surface area contributed by atoms with Crippen LogP contribution < -0.4 is 10.1 Å². The number of ether oxygens (including phenoxy) is 1. The molecule has 0 aliphatic carbocycles. The number of hydrogen-bond donors (Lipinski definition) is 1. The number of aryl methyl sites for hydroxylation is 1. The number of carbonyl (C=O) groups excluding carboxylic acids is 1. The largest absolute Gasteiger partial charge is 0.497 e. The molecule has 0 aliphatic heterocycles. The summed E-state index contributed by atoms with van der Waals surface area (Å²) in [6.45, 7) is 2.69. The van der Waals surface area contributed by atoms with Gasteiger partial charge in [-0.2, -0.15) is 0 Å². The maximum Gasteiger partial charge on any atom is 0.318 e. The maximum absolute atomic E-state index is 13.5. The fraction of sp³-hybridized carbons (Fsp3) is 0.273. The molecule has 2 aromatic carbocycles. The number of urea groups is 1. The van der Waals surface area contributed by atoms with Gasteiger partial charge < -0.3 is 19.5 Å². The van der Waals surface area contributed by atoms with Gasteiger partial charge in [0.15, 0.2) is 0 Å². The fourth-order valence-corrected chi connectivity index (χ4v) is 3.15. The van der Waals surface area contributed by atoms with E-state index in [2.05, 4.69) is 10.3 Å². The van der Waals surface area contributed by atoms with Gasteiger partial charge in [-0.15, -0.1) is 0 Å². The van der Waals surface area contributed by atoms with E-state index < -0.39 is 6.04 Å². The summed E-state index contributed by atoms with van der Waals surface area (Å²) >= 11 is 0. The van der Waals surface area contributed by atoms with Gasteiger partial charge in [0.2, 0.25) is 0 Å². The molecular formula is C22H25FN4O2. The highest BCUT2D eigenvalue weighted by Crippen LogP contribution is 2.23. The van der Waals surface area contributed by atoms with E-state index in [0.29, 0.717) is 18.9 Å². The molecule has 0 saturated carbocycles. The Morgan fingerprint density at radius 1 is 1.28 bits per heavy atom. The summed E-state index contributed by atoms with van der Waals surface area (Å²) in [4.78, 5) is 19.1. The van der Waals surface area contributed by atoms with E-state index in [1.807, 2.05) is 49.0 Å². The molecule has 29 heavy (non-hydrogen) atoms. The number of nitrogens with one attached hydrogen (secondary N) is 1. The Hall–Kier alpha value is -3.35. The number of nitrogens with zero attached hydrogens (tertiary/aromatic N) is 3. The first-order valence-corrected chi connectivity index (χ1v) is 9.43.